The molecule has 44 heavy (non-hydrogen) atoms. The summed E-state index contributed by atoms with van der Waals surface area (Å²) in [5.74, 6) is 0.907. The molecule has 0 radical (unpaired) electrons. The third kappa shape index (κ3) is 3.94. The molecule has 3 nitrogen and oxygen atoms in total. The lowest BCUT2D eigenvalue weighted by Gasteiger charge is -2.13. The lowest BCUT2D eigenvalue weighted by molar-refractivity contribution is 1.09. The van der Waals surface area contributed by atoms with Gasteiger partial charge < -0.3 is 4.57 Å². The number of aromatic nitrogens is 3. The maximum absolute atomic E-state index is 5.31. The van der Waals surface area contributed by atoms with E-state index in [2.05, 4.69) is 173 Å². The summed E-state index contributed by atoms with van der Waals surface area (Å²) in [5, 5.41) is 6.11. The lowest BCUT2D eigenvalue weighted by atomic mass is 10.0. The summed E-state index contributed by atoms with van der Waals surface area (Å²) in [5.41, 5.74) is 9.01. The number of fused-ring (bicyclic) bond motifs is 5. The topological polar surface area (TPSA) is 22.8 Å². The molecule has 0 fully saturated rings. The van der Waals surface area contributed by atoms with Crippen LogP contribution in [0.5, 0.6) is 0 Å². The van der Waals surface area contributed by atoms with Crippen LogP contribution in [0.15, 0.2) is 164 Å². The molecule has 0 amide bonds. The first-order valence-electron chi connectivity index (χ1n) is 15.0. The Labute approximate surface area is 254 Å². The second kappa shape index (κ2) is 9.82. The highest BCUT2D eigenvalue weighted by molar-refractivity contribution is 6.15. The van der Waals surface area contributed by atoms with Crippen LogP contribution in [0.4, 0.5) is 0 Å². The van der Waals surface area contributed by atoms with Crippen LogP contribution < -0.4 is 0 Å². The third-order valence-electron chi connectivity index (χ3n) is 8.69. The number of hydrogen-bond donors (Lipinski definition) is 0. The van der Waals surface area contributed by atoms with Crippen molar-refractivity contribution < 1.29 is 0 Å². The van der Waals surface area contributed by atoms with Crippen LogP contribution in [0.25, 0.3) is 77.4 Å². The molecule has 3 heterocycles. The Balaban J connectivity index is 1.34. The summed E-state index contributed by atoms with van der Waals surface area (Å²) < 4.78 is 4.61. The Morgan fingerprint density at radius 3 is 1.86 bits per heavy atom. The van der Waals surface area contributed by atoms with Gasteiger partial charge in [-0.2, -0.15) is 0 Å². The number of benzene rings is 6. The molecule has 9 aromatic rings. The molecular weight excluding hydrogens is 534 g/mol. The van der Waals surface area contributed by atoms with E-state index in [-0.39, 0.29) is 0 Å². The Kier molecular flexibility index (Phi) is 5.50. The first-order valence-corrected chi connectivity index (χ1v) is 15.0. The van der Waals surface area contributed by atoms with Gasteiger partial charge in [0.1, 0.15) is 5.82 Å². The highest BCUT2D eigenvalue weighted by atomic mass is 15.1. The molecule has 206 valence electrons. The Hall–Kier alpha value is -5.93. The van der Waals surface area contributed by atoms with E-state index in [4.69, 9.17) is 4.98 Å². The number of nitrogens with zero attached hydrogens (tertiary/aromatic N) is 3. The van der Waals surface area contributed by atoms with E-state index in [0.29, 0.717) is 0 Å². The molecule has 9 rings (SSSR count). The molecule has 0 aliphatic rings. The van der Waals surface area contributed by atoms with Crippen molar-refractivity contribution in [2.45, 2.75) is 0 Å². The normalized spacial score (nSPS) is 11.6. The van der Waals surface area contributed by atoms with E-state index in [1.807, 2.05) is 0 Å². The Morgan fingerprint density at radius 1 is 0.409 bits per heavy atom. The van der Waals surface area contributed by atoms with Crippen LogP contribution in [-0.4, -0.2) is 14.1 Å². The van der Waals surface area contributed by atoms with E-state index in [0.717, 1.165) is 39.4 Å². The van der Waals surface area contributed by atoms with Crippen LogP contribution in [0.1, 0.15) is 0 Å². The smallest absolute Gasteiger partial charge is 0.138 e. The molecule has 0 spiro atoms. The van der Waals surface area contributed by atoms with Crippen LogP contribution >= 0.6 is 0 Å². The molecule has 6 aromatic carbocycles. The predicted octanol–water partition coefficient (Wildman–Crippen LogP) is 10.6. The van der Waals surface area contributed by atoms with Crippen molar-refractivity contribution in [2.75, 3.05) is 0 Å². The summed E-state index contributed by atoms with van der Waals surface area (Å²) in [7, 11) is 0. The number of pyridine rings is 1. The molecule has 0 saturated carbocycles. The average molecular weight is 562 g/mol. The van der Waals surface area contributed by atoms with Gasteiger partial charge in [-0.15, -0.1) is 0 Å². The van der Waals surface area contributed by atoms with Crippen molar-refractivity contribution in [1.29, 1.82) is 0 Å². The monoisotopic (exact) mass is 561 g/mol. The molecule has 3 heteroatoms. The summed E-state index contributed by atoms with van der Waals surface area (Å²) in [4.78, 5) is 5.31. The fourth-order valence-electron chi connectivity index (χ4n) is 6.59. The minimum atomic E-state index is 0.907. The van der Waals surface area contributed by atoms with Gasteiger partial charge >= 0.3 is 0 Å². The Morgan fingerprint density at radius 2 is 1.07 bits per heavy atom. The van der Waals surface area contributed by atoms with E-state index in [1.165, 1.54) is 38.0 Å². The van der Waals surface area contributed by atoms with Gasteiger partial charge in [0.25, 0.3) is 0 Å². The summed E-state index contributed by atoms with van der Waals surface area (Å²) in [6, 6.07) is 56.2. The third-order valence-corrected chi connectivity index (χ3v) is 8.69. The summed E-state index contributed by atoms with van der Waals surface area (Å²) >= 11 is 0. The SMILES string of the molecule is c1ccc(-c2cc(-c3ccccc3)nc(-n3c4ccccc4c4cc5cc6ccn(-c7ccccc7)c6cc5cc43)c2)cc1. The predicted molar refractivity (Wildman–Crippen MR) is 184 cm³/mol. The first kappa shape index (κ1) is 24.6. The maximum atomic E-state index is 5.31. The van der Waals surface area contributed by atoms with Gasteiger partial charge in [0.05, 0.1) is 22.2 Å². The fraction of sp³-hybridized carbons (Fsp3) is 0. The van der Waals surface area contributed by atoms with E-state index < -0.39 is 0 Å². The van der Waals surface area contributed by atoms with Crippen LogP contribution in [0, 0.1) is 0 Å². The zero-order valence-corrected chi connectivity index (χ0v) is 23.9. The van der Waals surface area contributed by atoms with Gasteiger partial charge in [-0.05, 0) is 82.6 Å². The molecule has 0 unspecified atom stereocenters. The maximum Gasteiger partial charge on any atom is 0.138 e. The lowest BCUT2D eigenvalue weighted by Crippen LogP contribution is -2.00. The molecule has 0 atom stereocenters. The van der Waals surface area contributed by atoms with E-state index in [9.17, 15) is 0 Å². The van der Waals surface area contributed by atoms with E-state index >= 15 is 0 Å². The minimum absolute atomic E-state index is 0.907. The Bertz CT molecular complexity index is 2410. The van der Waals surface area contributed by atoms with Gasteiger partial charge in [-0.3, -0.25) is 4.57 Å². The molecule has 0 saturated heterocycles. The van der Waals surface area contributed by atoms with Crippen molar-refractivity contribution in [2.24, 2.45) is 0 Å². The van der Waals surface area contributed by atoms with Crippen LogP contribution in [-0.2, 0) is 0 Å². The fourth-order valence-corrected chi connectivity index (χ4v) is 6.59. The number of para-hydroxylation sites is 2. The molecule has 3 aromatic heterocycles. The van der Waals surface area contributed by atoms with Gasteiger partial charge in [0, 0.05) is 33.6 Å². The zero-order chi connectivity index (χ0) is 29.0. The van der Waals surface area contributed by atoms with Gasteiger partial charge in [-0.25, -0.2) is 4.98 Å². The van der Waals surface area contributed by atoms with E-state index in [1.54, 1.807) is 0 Å². The van der Waals surface area contributed by atoms with Crippen molar-refractivity contribution in [1.82, 2.24) is 14.1 Å². The van der Waals surface area contributed by atoms with Crippen LogP contribution in [0.2, 0.25) is 0 Å². The van der Waals surface area contributed by atoms with Gasteiger partial charge in [0.15, 0.2) is 0 Å². The molecule has 0 aliphatic heterocycles. The summed E-state index contributed by atoms with van der Waals surface area (Å²) in [6.45, 7) is 0. The largest absolute Gasteiger partial charge is 0.317 e. The number of hydrogen-bond acceptors (Lipinski definition) is 1. The first-order chi connectivity index (χ1) is 21.8. The standard InChI is InChI=1S/C41H27N3/c1-4-12-28(13-5-1)32-24-37(29-14-6-2-7-15-29)42-41(27-32)44-38-19-11-10-18-35(38)36-23-31-22-30-20-21-43(34-16-8-3-9-17-34)39(30)25-33(31)26-40(36)44/h1-27H. The van der Waals surface area contributed by atoms with Gasteiger partial charge in [-0.1, -0.05) is 97.1 Å². The second-order valence-electron chi connectivity index (χ2n) is 11.3. The average Bonchev–Trinajstić information content (AvgIpc) is 3.65. The van der Waals surface area contributed by atoms with Crippen molar-refractivity contribution >= 4 is 43.5 Å². The highest BCUT2D eigenvalue weighted by Crippen LogP contribution is 2.37. The van der Waals surface area contributed by atoms with Crippen LogP contribution in [0.3, 0.4) is 0 Å². The van der Waals surface area contributed by atoms with Crippen molar-refractivity contribution in [3.63, 3.8) is 0 Å². The number of rotatable bonds is 4. The minimum Gasteiger partial charge on any atom is -0.317 e. The van der Waals surface area contributed by atoms with Crippen molar-refractivity contribution in [3.05, 3.63) is 164 Å². The molecule has 0 aliphatic carbocycles. The highest BCUT2D eigenvalue weighted by Gasteiger charge is 2.17. The molecule has 0 bridgehead atoms. The zero-order valence-electron chi connectivity index (χ0n) is 23.9. The quantitative estimate of drug-likeness (QED) is 0.210. The van der Waals surface area contributed by atoms with Gasteiger partial charge in [0.2, 0.25) is 0 Å². The molecular formula is C41H27N3. The van der Waals surface area contributed by atoms with Crippen molar-refractivity contribution in [3.8, 4) is 33.9 Å². The molecule has 0 N–H and O–H groups in total. The summed E-state index contributed by atoms with van der Waals surface area (Å²) in [6.07, 6.45) is 2.16. The second-order valence-corrected chi connectivity index (χ2v) is 11.3.